The molecule has 1 saturated carbocycles. The highest BCUT2D eigenvalue weighted by Crippen LogP contribution is 2.54. The lowest BCUT2D eigenvalue weighted by atomic mass is 10.2. The summed E-state index contributed by atoms with van der Waals surface area (Å²) in [7, 11) is 0. The van der Waals surface area contributed by atoms with Crippen molar-refractivity contribution in [2.24, 2.45) is 17.8 Å². The third-order valence-electron chi connectivity index (χ3n) is 3.40. The van der Waals surface area contributed by atoms with E-state index < -0.39 is 35.5 Å². The van der Waals surface area contributed by atoms with E-state index in [1.807, 2.05) is 0 Å². The van der Waals surface area contributed by atoms with Crippen LogP contribution in [0, 0.1) is 17.8 Å². The number of carbonyl (C=O) groups excluding carboxylic acids is 2. The van der Waals surface area contributed by atoms with Gasteiger partial charge in [0.05, 0.1) is 23.4 Å². The molecule has 2 unspecified atom stereocenters. The molecule has 2 N–H and O–H groups in total. The summed E-state index contributed by atoms with van der Waals surface area (Å²) in [5.74, 6) is -4.51. The second-order valence-electron chi connectivity index (χ2n) is 4.45. The fourth-order valence-corrected chi connectivity index (χ4v) is 2.53. The van der Waals surface area contributed by atoms with Crippen LogP contribution in [0.15, 0.2) is 24.3 Å². The number of piperidine rings is 1. The van der Waals surface area contributed by atoms with Crippen molar-refractivity contribution in [2.45, 2.75) is 0 Å². The molecule has 1 aliphatic heterocycles. The van der Waals surface area contributed by atoms with E-state index in [1.54, 1.807) is 0 Å². The first-order chi connectivity index (χ1) is 8.52. The smallest absolute Gasteiger partial charge is 0.308 e. The minimum atomic E-state index is -1.11. The van der Waals surface area contributed by atoms with E-state index in [1.165, 1.54) is 24.3 Å². The molecule has 2 atom stereocenters. The van der Waals surface area contributed by atoms with Crippen LogP contribution in [0.5, 0.6) is 5.75 Å². The van der Waals surface area contributed by atoms with E-state index in [2.05, 4.69) is 0 Å². The number of nitrogens with zero attached hydrogens (tertiary/aromatic N) is 1. The summed E-state index contributed by atoms with van der Waals surface area (Å²) in [4.78, 5) is 35.6. The molecule has 1 aromatic rings. The largest absolute Gasteiger partial charge is 0.508 e. The Labute approximate surface area is 101 Å². The van der Waals surface area contributed by atoms with Gasteiger partial charge >= 0.3 is 5.97 Å². The molecule has 92 valence electrons. The minimum absolute atomic E-state index is 0.0524. The van der Waals surface area contributed by atoms with Crippen LogP contribution in [0.2, 0.25) is 0 Å². The van der Waals surface area contributed by atoms with Crippen LogP contribution in [0.1, 0.15) is 0 Å². The summed E-state index contributed by atoms with van der Waals surface area (Å²) < 4.78 is 0. The van der Waals surface area contributed by atoms with E-state index in [0.29, 0.717) is 0 Å². The minimum Gasteiger partial charge on any atom is -0.508 e. The van der Waals surface area contributed by atoms with E-state index in [4.69, 9.17) is 5.11 Å². The lowest BCUT2D eigenvalue weighted by Crippen LogP contribution is -2.35. The van der Waals surface area contributed by atoms with Gasteiger partial charge in [-0.2, -0.15) is 0 Å². The van der Waals surface area contributed by atoms with Crippen LogP contribution < -0.4 is 4.90 Å². The van der Waals surface area contributed by atoms with Crippen molar-refractivity contribution in [3.8, 4) is 5.75 Å². The number of anilines is 1. The average Bonchev–Trinajstić information content (AvgIpc) is 2.98. The molecule has 6 nitrogen and oxygen atoms in total. The molecule has 0 spiro atoms. The van der Waals surface area contributed by atoms with E-state index >= 15 is 0 Å². The number of imide groups is 1. The fourth-order valence-electron chi connectivity index (χ4n) is 2.53. The number of carboxylic acids is 1. The second-order valence-corrected chi connectivity index (χ2v) is 4.45. The van der Waals surface area contributed by atoms with E-state index in [9.17, 15) is 19.5 Å². The maximum atomic E-state index is 11.9. The SMILES string of the molecule is O=C(O)C1C2C(=O)N(c3cccc(O)c3)C(=O)C12. The average molecular weight is 247 g/mol. The van der Waals surface area contributed by atoms with Crippen molar-refractivity contribution in [1.29, 1.82) is 0 Å². The molecular weight excluding hydrogens is 238 g/mol. The Morgan fingerprint density at radius 2 is 1.78 bits per heavy atom. The number of fused-ring (bicyclic) bond motifs is 1. The Balaban J connectivity index is 1.93. The number of amides is 2. The Hall–Kier alpha value is -2.37. The highest BCUT2D eigenvalue weighted by atomic mass is 16.4. The molecule has 1 heterocycles. The van der Waals surface area contributed by atoms with Crippen LogP contribution in [0.4, 0.5) is 5.69 Å². The van der Waals surface area contributed by atoms with Gasteiger partial charge in [-0.05, 0) is 12.1 Å². The van der Waals surface area contributed by atoms with Gasteiger partial charge in [-0.1, -0.05) is 6.07 Å². The van der Waals surface area contributed by atoms with Crippen LogP contribution in [0.25, 0.3) is 0 Å². The molecule has 3 rings (SSSR count). The molecule has 0 radical (unpaired) electrons. The van der Waals surface area contributed by atoms with Crippen molar-refractivity contribution < 1.29 is 24.6 Å². The summed E-state index contributed by atoms with van der Waals surface area (Å²) in [6, 6.07) is 5.77. The standard InChI is InChI=1S/C12H9NO5/c14-6-3-1-2-5(4-6)13-10(15)7-8(11(13)16)9(7)12(17)18/h1-4,7-9,14H,(H,17,18). The Morgan fingerprint density at radius 3 is 2.28 bits per heavy atom. The normalized spacial score (nSPS) is 29.3. The number of carbonyl (C=O) groups is 3. The lowest BCUT2D eigenvalue weighted by Gasteiger charge is -2.17. The molecule has 2 fully saturated rings. The molecule has 18 heavy (non-hydrogen) atoms. The van der Waals surface area contributed by atoms with Gasteiger partial charge in [0.1, 0.15) is 5.75 Å². The zero-order valence-electron chi connectivity index (χ0n) is 9.11. The summed E-state index contributed by atoms with van der Waals surface area (Å²) in [6.45, 7) is 0. The monoisotopic (exact) mass is 247 g/mol. The summed E-state index contributed by atoms with van der Waals surface area (Å²) in [5.41, 5.74) is 0.279. The van der Waals surface area contributed by atoms with Crippen molar-refractivity contribution in [2.75, 3.05) is 4.90 Å². The number of phenolic OH excluding ortho intramolecular Hbond substituents is 1. The maximum absolute atomic E-state index is 11.9. The third-order valence-corrected chi connectivity index (χ3v) is 3.40. The molecule has 1 saturated heterocycles. The number of phenols is 1. The summed E-state index contributed by atoms with van der Waals surface area (Å²) in [5, 5.41) is 18.2. The molecule has 6 heteroatoms. The first kappa shape index (κ1) is 10.8. The topological polar surface area (TPSA) is 94.9 Å². The number of hydrogen-bond acceptors (Lipinski definition) is 4. The first-order valence-electron chi connectivity index (χ1n) is 5.42. The summed E-state index contributed by atoms with van der Waals surface area (Å²) >= 11 is 0. The molecule has 1 aliphatic carbocycles. The van der Waals surface area contributed by atoms with Gasteiger partial charge in [-0.3, -0.25) is 14.4 Å². The number of hydrogen-bond donors (Lipinski definition) is 2. The van der Waals surface area contributed by atoms with Crippen molar-refractivity contribution in [3.05, 3.63) is 24.3 Å². The second kappa shape index (κ2) is 3.32. The van der Waals surface area contributed by atoms with Gasteiger partial charge in [-0.25, -0.2) is 4.90 Å². The van der Waals surface area contributed by atoms with Crippen LogP contribution in [-0.4, -0.2) is 28.0 Å². The molecular formula is C12H9NO5. The van der Waals surface area contributed by atoms with E-state index in [0.717, 1.165) is 4.90 Å². The lowest BCUT2D eigenvalue weighted by molar-refractivity contribution is -0.142. The van der Waals surface area contributed by atoms with Gasteiger partial charge in [0.15, 0.2) is 0 Å². The zero-order chi connectivity index (χ0) is 13.0. The zero-order valence-corrected chi connectivity index (χ0v) is 9.11. The van der Waals surface area contributed by atoms with Gasteiger partial charge < -0.3 is 10.2 Å². The number of carboxylic acid groups (broad SMARTS) is 1. The maximum Gasteiger partial charge on any atom is 0.308 e. The molecule has 1 aromatic carbocycles. The van der Waals surface area contributed by atoms with Gasteiger partial charge in [-0.15, -0.1) is 0 Å². The van der Waals surface area contributed by atoms with Crippen LogP contribution >= 0.6 is 0 Å². The van der Waals surface area contributed by atoms with Gasteiger partial charge in [0.2, 0.25) is 11.8 Å². The highest BCUT2D eigenvalue weighted by Gasteiger charge is 2.70. The fraction of sp³-hybridized carbons (Fsp3) is 0.250. The molecule has 2 amide bonds. The number of aromatic hydroxyl groups is 1. The van der Waals surface area contributed by atoms with Crippen molar-refractivity contribution in [1.82, 2.24) is 0 Å². The quantitative estimate of drug-likeness (QED) is 0.728. The summed E-state index contributed by atoms with van der Waals surface area (Å²) in [6.07, 6.45) is 0. The van der Waals surface area contributed by atoms with Crippen molar-refractivity contribution in [3.63, 3.8) is 0 Å². The first-order valence-corrected chi connectivity index (χ1v) is 5.42. The Morgan fingerprint density at radius 1 is 1.17 bits per heavy atom. The highest BCUT2D eigenvalue weighted by molar-refractivity contribution is 6.27. The Kier molecular flexibility index (Phi) is 1.98. The number of aliphatic carboxylic acids is 1. The van der Waals surface area contributed by atoms with E-state index in [-0.39, 0.29) is 11.4 Å². The van der Waals surface area contributed by atoms with Gasteiger partial charge in [0.25, 0.3) is 0 Å². The Bertz CT molecular complexity index is 560. The molecule has 0 bridgehead atoms. The third kappa shape index (κ3) is 1.25. The van der Waals surface area contributed by atoms with Crippen LogP contribution in [-0.2, 0) is 14.4 Å². The van der Waals surface area contributed by atoms with Crippen LogP contribution in [0.3, 0.4) is 0 Å². The predicted octanol–water partition coefficient (Wildman–Crippen LogP) is 0.212. The predicted molar refractivity (Wildman–Crippen MR) is 58.7 cm³/mol. The number of benzene rings is 1. The number of rotatable bonds is 2. The van der Waals surface area contributed by atoms with Gasteiger partial charge in [0, 0.05) is 6.07 Å². The molecule has 2 aliphatic rings. The van der Waals surface area contributed by atoms with Crippen molar-refractivity contribution >= 4 is 23.5 Å². The molecule has 0 aromatic heterocycles.